The highest BCUT2D eigenvalue weighted by Gasteiger charge is 2.23. The van der Waals surface area contributed by atoms with Crippen LogP contribution < -0.4 is 15.8 Å². The Bertz CT molecular complexity index is 698. The van der Waals surface area contributed by atoms with E-state index in [0.717, 1.165) is 36.8 Å². The van der Waals surface area contributed by atoms with Gasteiger partial charge in [0.1, 0.15) is 5.75 Å². The molecule has 0 saturated heterocycles. The van der Waals surface area contributed by atoms with E-state index >= 15 is 0 Å². The summed E-state index contributed by atoms with van der Waals surface area (Å²) in [5.74, 6) is 0.545. The first-order chi connectivity index (χ1) is 11.6. The molecular weight excluding hydrogens is 304 g/mol. The minimum Gasteiger partial charge on any atom is -0.484 e. The van der Waals surface area contributed by atoms with Gasteiger partial charge in [-0.1, -0.05) is 25.0 Å². The number of nitrogens with two attached hydrogens (primary N) is 1. The van der Waals surface area contributed by atoms with E-state index in [9.17, 15) is 4.79 Å². The van der Waals surface area contributed by atoms with Gasteiger partial charge >= 0.3 is 0 Å². The average Bonchev–Trinajstić information content (AvgIpc) is 3.02. The van der Waals surface area contributed by atoms with Gasteiger partial charge in [-0.25, -0.2) is 0 Å². The summed E-state index contributed by atoms with van der Waals surface area (Å²) < 4.78 is 7.39. The lowest BCUT2D eigenvalue weighted by molar-refractivity contribution is -0.124. The van der Waals surface area contributed by atoms with Crippen molar-refractivity contribution in [1.29, 1.82) is 0 Å². The third-order valence-electron chi connectivity index (χ3n) is 4.41. The van der Waals surface area contributed by atoms with Gasteiger partial charge in [0.2, 0.25) is 0 Å². The number of nitrogens with zero attached hydrogens (tertiary/aromatic N) is 2. The van der Waals surface area contributed by atoms with Gasteiger partial charge in [0, 0.05) is 30.9 Å². The number of carbonyl (C=O) groups excluding carboxylic acids is 1. The van der Waals surface area contributed by atoms with Gasteiger partial charge in [-0.15, -0.1) is 0 Å². The monoisotopic (exact) mass is 328 g/mol. The molecule has 24 heavy (non-hydrogen) atoms. The van der Waals surface area contributed by atoms with Crippen LogP contribution in [0, 0.1) is 0 Å². The highest BCUT2D eigenvalue weighted by atomic mass is 16.5. The van der Waals surface area contributed by atoms with Crippen molar-refractivity contribution >= 4 is 5.91 Å². The number of nitrogens with one attached hydrogen (secondary N) is 1. The molecule has 1 aromatic carbocycles. The van der Waals surface area contributed by atoms with Crippen molar-refractivity contribution in [2.75, 3.05) is 6.61 Å². The molecular formula is C18H24N4O2. The lowest BCUT2D eigenvalue weighted by atomic mass is 9.91. The molecule has 0 spiro atoms. The summed E-state index contributed by atoms with van der Waals surface area (Å²) in [7, 11) is 1.88. The second-order valence-electron chi connectivity index (χ2n) is 6.34. The first kappa shape index (κ1) is 16.5. The normalized spacial score (nSPS) is 20.6. The number of aryl methyl sites for hydroxylation is 1. The highest BCUT2D eigenvalue weighted by molar-refractivity contribution is 5.78. The van der Waals surface area contributed by atoms with Crippen LogP contribution >= 0.6 is 0 Å². The van der Waals surface area contributed by atoms with E-state index in [-0.39, 0.29) is 24.6 Å². The quantitative estimate of drug-likeness (QED) is 0.877. The number of rotatable bonds is 5. The van der Waals surface area contributed by atoms with Crippen LogP contribution in [-0.2, 0) is 11.8 Å². The lowest BCUT2D eigenvalue weighted by Crippen LogP contribution is -2.50. The van der Waals surface area contributed by atoms with E-state index in [1.54, 1.807) is 10.9 Å². The van der Waals surface area contributed by atoms with Gasteiger partial charge in [-0.3, -0.25) is 9.48 Å². The molecule has 0 bridgehead atoms. The van der Waals surface area contributed by atoms with Crippen LogP contribution in [0.5, 0.6) is 5.75 Å². The van der Waals surface area contributed by atoms with E-state index in [0.29, 0.717) is 5.75 Å². The first-order valence-corrected chi connectivity index (χ1v) is 8.38. The number of hydrogen-bond acceptors (Lipinski definition) is 4. The van der Waals surface area contributed by atoms with Crippen molar-refractivity contribution in [1.82, 2.24) is 15.1 Å². The second-order valence-corrected chi connectivity index (χ2v) is 6.34. The summed E-state index contributed by atoms with van der Waals surface area (Å²) in [6, 6.07) is 7.78. The molecule has 2 atom stereocenters. The van der Waals surface area contributed by atoms with E-state index in [4.69, 9.17) is 10.5 Å². The maximum absolute atomic E-state index is 12.1. The molecule has 1 fully saturated rings. The van der Waals surface area contributed by atoms with E-state index < -0.39 is 0 Å². The predicted octanol–water partition coefficient (Wildman–Crippen LogP) is 1.85. The molecule has 3 N–H and O–H groups in total. The summed E-state index contributed by atoms with van der Waals surface area (Å²) in [5.41, 5.74) is 8.08. The zero-order chi connectivity index (χ0) is 16.9. The Morgan fingerprint density at radius 2 is 2.21 bits per heavy atom. The van der Waals surface area contributed by atoms with E-state index in [1.807, 2.05) is 37.5 Å². The maximum atomic E-state index is 12.1. The number of amides is 1. The predicted molar refractivity (Wildman–Crippen MR) is 92.5 cm³/mol. The third kappa shape index (κ3) is 4.14. The van der Waals surface area contributed by atoms with Crippen molar-refractivity contribution < 1.29 is 9.53 Å². The Hall–Kier alpha value is -2.34. The molecule has 6 nitrogen and oxygen atoms in total. The standard InChI is InChI=1S/C18H24N4O2/c1-22-11-14(10-20-22)13-5-4-6-15(9-13)24-12-18(23)21-17-8-3-2-7-16(17)19/h4-6,9-11,16-17H,2-3,7-8,12,19H2,1H3,(H,21,23). The third-order valence-corrected chi connectivity index (χ3v) is 4.41. The van der Waals surface area contributed by atoms with Gasteiger partial charge in [0.25, 0.3) is 5.91 Å². The highest BCUT2D eigenvalue weighted by Crippen LogP contribution is 2.23. The summed E-state index contributed by atoms with van der Waals surface area (Å²) in [6.07, 6.45) is 7.92. The molecule has 1 amide bonds. The number of carbonyl (C=O) groups is 1. The second kappa shape index (κ2) is 7.49. The van der Waals surface area contributed by atoms with Crippen LogP contribution in [0.4, 0.5) is 0 Å². The Labute approximate surface area is 142 Å². The summed E-state index contributed by atoms with van der Waals surface area (Å²) >= 11 is 0. The van der Waals surface area contributed by atoms with Gasteiger partial charge < -0.3 is 15.8 Å². The first-order valence-electron chi connectivity index (χ1n) is 8.38. The molecule has 6 heteroatoms. The fourth-order valence-corrected chi connectivity index (χ4v) is 3.07. The minimum absolute atomic E-state index is 0.000285. The number of benzene rings is 1. The van der Waals surface area contributed by atoms with Crippen LogP contribution in [0.3, 0.4) is 0 Å². The zero-order valence-electron chi connectivity index (χ0n) is 13.9. The van der Waals surface area contributed by atoms with Crippen molar-refractivity contribution in [2.24, 2.45) is 12.8 Å². The molecule has 1 saturated carbocycles. The largest absolute Gasteiger partial charge is 0.484 e. The van der Waals surface area contributed by atoms with Gasteiger partial charge in [0.15, 0.2) is 6.61 Å². The van der Waals surface area contributed by atoms with Crippen LogP contribution in [0.2, 0.25) is 0 Å². The molecule has 3 rings (SSSR count). The molecule has 0 radical (unpaired) electrons. The minimum atomic E-state index is -0.121. The fraction of sp³-hybridized carbons (Fsp3) is 0.444. The van der Waals surface area contributed by atoms with Gasteiger partial charge in [0.05, 0.1) is 6.20 Å². The Balaban J connectivity index is 1.55. The summed E-state index contributed by atoms with van der Waals surface area (Å²) in [5, 5.41) is 7.16. The van der Waals surface area contributed by atoms with E-state index in [2.05, 4.69) is 10.4 Å². The molecule has 1 aromatic heterocycles. The lowest BCUT2D eigenvalue weighted by Gasteiger charge is -2.29. The molecule has 2 unspecified atom stereocenters. The smallest absolute Gasteiger partial charge is 0.258 e. The van der Waals surface area contributed by atoms with Crippen LogP contribution in [0.1, 0.15) is 25.7 Å². The molecule has 2 aromatic rings. The van der Waals surface area contributed by atoms with Crippen LogP contribution in [0.25, 0.3) is 11.1 Å². The molecule has 1 heterocycles. The van der Waals surface area contributed by atoms with Crippen LogP contribution in [0.15, 0.2) is 36.7 Å². The van der Waals surface area contributed by atoms with Crippen molar-refractivity contribution in [3.05, 3.63) is 36.7 Å². The fourth-order valence-electron chi connectivity index (χ4n) is 3.07. The molecule has 1 aliphatic carbocycles. The Kier molecular flexibility index (Phi) is 5.15. The van der Waals surface area contributed by atoms with Crippen molar-refractivity contribution in [2.45, 2.75) is 37.8 Å². The van der Waals surface area contributed by atoms with Gasteiger partial charge in [-0.2, -0.15) is 5.10 Å². The SMILES string of the molecule is Cn1cc(-c2cccc(OCC(=O)NC3CCCCC3N)c2)cn1. The molecule has 128 valence electrons. The Morgan fingerprint density at radius 1 is 1.38 bits per heavy atom. The van der Waals surface area contributed by atoms with Gasteiger partial charge in [-0.05, 0) is 30.5 Å². The topological polar surface area (TPSA) is 82.2 Å². The number of aromatic nitrogens is 2. The number of ether oxygens (including phenoxy) is 1. The maximum Gasteiger partial charge on any atom is 0.258 e. The van der Waals surface area contributed by atoms with Crippen molar-refractivity contribution in [3.8, 4) is 16.9 Å². The van der Waals surface area contributed by atoms with Crippen LogP contribution in [-0.4, -0.2) is 34.4 Å². The Morgan fingerprint density at radius 3 is 2.96 bits per heavy atom. The number of hydrogen-bond donors (Lipinski definition) is 2. The molecule has 1 aliphatic rings. The summed E-state index contributed by atoms with van der Waals surface area (Å²) in [4.78, 5) is 12.1. The van der Waals surface area contributed by atoms with Crippen molar-refractivity contribution in [3.63, 3.8) is 0 Å². The zero-order valence-corrected chi connectivity index (χ0v) is 13.9. The summed E-state index contributed by atoms with van der Waals surface area (Å²) in [6.45, 7) is -0.000285. The average molecular weight is 328 g/mol. The molecule has 0 aliphatic heterocycles. The van der Waals surface area contributed by atoms with E-state index in [1.165, 1.54) is 0 Å².